The molecule has 0 aliphatic heterocycles. The van der Waals surface area contributed by atoms with E-state index in [9.17, 15) is 0 Å². The second kappa shape index (κ2) is 8.04. The van der Waals surface area contributed by atoms with Crippen molar-refractivity contribution in [2.45, 2.75) is 71.3 Å². The quantitative estimate of drug-likeness (QED) is 0.539. The molecule has 6 heteroatoms. The molecule has 3 nitrogen and oxygen atoms in total. The van der Waals surface area contributed by atoms with E-state index in [0.29, 0.717) is 21.5 Å². The number of nitrogens with zero attached hydrogens (tertiary/aromatic N) is 1. The number of rotatable bonds is 9. The van der Waals surface area contributed by atoms with Gasteiger partial charge in [-0.2, -0.15) is 0 Å². The SMILES string of the molecule is CC[Si](CC)(CC)OC(CNC1CC1(C)C)c1c(Cl)cncc1Cl. The number of hydrogen-bond acceptors (Lipinski definition) is 3. The van der Waals surface area contributed by atoms with Crippen molar-refractivity contribution in [3.63, 3.8) is 0 Å². The number of pyridine rings is 1. The molecule has 1 heterocycles. The monoisotopic (exact) mass is 388 g/mol. The molecule has 0 spiro atoms. The van der Waals surface area contributed by atoms with E-state index in [0.717, 1.165) is 30.2 Å². The highest BCUT2D eigenvalue weighted by atomic mass is 35.5. The lowest BCUT2D eigenvalue weighted by Crippen LogP contribution is -2.40. The van der Waals surface area contributed by atoms with Crippen LogP contribution in [0.15, 0.2) is 12.4 Å². The highest BCUT2D eigenvalue weighted by Gasteiger charge is 2.45. The molecular weight excluding hydrogens is 359 g/mol. The Morgan fingerprint density at radius 3 is 2.12 bits per heavy atom. The van der Waals surface area contributed by atoms with Gasteiger partial charge < -0.3 is 9.74 Å². The third-order valence-corrected chi connectivity index (χ3v) is 10.9. The van der Waals surface area contributed by atoms with Gasteiger partial charge in [0.1, 0.15) is 0 Å². The maximum absolute atomic E-state index is 6.76. The molecular formula is C18H30Cl2N2OSi. The molecule has 24 heavy (non-hydrogen) atoms. The van der Waals surface area contributed by atoms with Crippen LogP contribution >= 0.6 is 23.2 Å². The standard InChI is InChI=1S/C18H30Cl2N2OSi/c1-6-24(7-2,8-3)23-15(12-22-16-9-18(16,4)5)17-13(19)10-21-11-14(17)20/h10-11,15-16,22H,6-9,12H2,1-5H3. The van der Waals surface area contributed by atoms with Crippen LogP contribution in [0.4, 0.5) is 0 Å². The Bertz CT molecular complexity index is 535. The van der Waals surface area contributed by atoms with Crippen molar-refractivity contribution in [3.05, 3.63) is 28.0 Å². The Labute approximate surface area is 157 Å². The lowest BCUT2D eigenvalue weighted by atomic mass is 10.1. The van der Waals surface area contributed by atoms with Crippen molar-refractivity contribution in [3.8, 4) is 0 Å². The van der Waals surface area contributed by atoms with Gasteiger partial charge in [0.25, 0.3) is 0 Å². The molecule has 136 valence electrons. The first-order valence-electron chi connectivity index (χ1n) is 8.98. The zero-order valence-electron chi connectivity index (χ0n) is 15.5. The molecule has 2 unspecified atom stereocenters. The van der Waals surface area contributed by atoms with E-state index >= 15 is 0 Å². The van der Waals surface area contributed by atoms with Crippen molar-refractivity contribution >= 4 is 31.5 Å². The molecule has 1 aromatic rings. The van der Waals surface area contributed by atoms with Gasteiger partial charge in [-0.1, -0.05) is 57.8 Å². The molecule has 1 aromatic heterocycles. The molecule has 1 fully saturated rings. The molecule has 0 aromatic carbocycles. The van der Waals surface area contributed by atoms with Gasteiger partial charge >= 0.3 is 0 Å². The average molecular weight is 389 g/mol. The first-order valence-corrected chi connectivity index (χ1v) is 12.3. The summed E-state index contributed by atoms with van der Waals surface area (Å²) in [6.07, 6.45) is 4.41. The average Bonchev–Trinajstić information content (AvgIpc) is 3.16. The minimum absolute atomic E-state index is 0.115. The first kappa shape index (κ1) is 20.2. The highest BCUT2D eigenvalue weighted by Crippen LogP contribution is 2.45. The van der Waals surface area contributed by atoms with Crippen LogP contribution in [0.5, 0.6) is 0 Å². The van der Waals surface area contributed by atoms with E-state index in [4.69, 9.17) is 27.6 Å². The maximum Gasteiger partial charge on any atom is 0.192 e. The lowest BCUT2D eigenvalue weighted by molar-refractivity contribution is 0.184. The topological polar surface area (TPSA) is 34.1 Å². The van der Waals surface area contributed by atoms with E-state index in [1.54, 1.807) is 12.4 Å². The van der Waals surface area contributed by atoms with Crippen LogP contribution in [0.1, 0.15) is 52.7 Å². The predicted molar refractivity (Wildman–Crippen MR) is 105 cm³/mol. The van der Waals surface area contributed by atoms with Crippen LogP contribution in [0.25, 0.3) is 0 Å². The van der Waals surface area contributed by atoms with Crippen molar-refractivity contribution in [1.29, 1.82) is 0 Å². The largest absolute Gasteiger partial charge is 0.409 e. The molecule has 2 rings (SSSR count). The summed E-state index contributed by atoms with van der Waals surface area (Å²) >= 11 is 12.9. The Morgan fingerprint density at radius 1 is 1.21 bits per heavy atom. The van der Waals surface area contributed by atoms with Crippen molar-refractivity contribution in [1.82, 2.24) is 10.3 Å². The number of halogens is 2. The first-order chi connectivity index (χ1) is 11.3. The van der Waals surface area contributed by atoms with Crippen molar-refractivity contribution in [2.24, 2.45) is 5.41 Å². The van der Waals surface area contributed by atoms with Gasteiger partial charge in [0, 0.05) is 30.5 Å². The summed E-state index contributed by atoms with van der Waals surface area (Å²) in [6, 6.07) is 3.85. The van der Waals surface area contributed by atoms with Crippen LogP contribution in [0.2, 0.25) is 28.2 Å². The number of hydrogen-bond donors (Lipinski definition) is 1. The summed E-state index contributed by atoms with van der Waals surface area (Å²) in [6.45, 7) is 12.0. The molecule has 1 aliphatic carbocycles. The minimum Gasteiger partial charge on any atom is -0.409 e. The molecule has 0 radical (unpaired) electrons. The summed E-state index contributed by atoms with van der Waals surface area (Å²) in [5.41, 5.74) is 1.26. The summed E-state index contributed by atoms with van der Waals surface area (Å²) < 4.78 is 6.76. The van der Waals surface area contributed by atoms with Crippen LogP contribution in [-0.4, -0.2) is 25.9 Å². The smallest absolute Gasteiger partial charge is 0.192 e. The zero-order valence-corrected chi connectivity index (χ0v) is 18.0. The molecule has 0 saturated heterocycles. The van der Waals surface area contributed by atoms with E-state index in [-0.39, 0.29) is 6.10 Å². The fraction of sp³-hybridized carbons (Fsp3) is 0.722. The third-order valence-electron chi connectivity index (χ3n) is 5.60. The van der Waals surface area contributed by atoms with Crippen molar-refractivity contribution in [2.75, 3.05) is 6.54 Å². The Hall–Kier alpha value is -0.133. The van der Waals surface area contributed by atoms with Gasteiger partial charge in [0.15, 0.2) is 8.32 Å². The second-order valence-electron chi connectivity index (χ2n) is 7.52. The van der Waals surface area contributed by atoms with Gasteiger partial charge in [-0.15, -0.1) is 0 Å². The molecule has 1 N–H and O–H groups in total. The molecule has 1 saturated carbocycles. The maximum atomic E-state index is 6.76. The van der Waals surface area contributed by atoms with E-state index in [1.807, 2.05) is 0 Å². The number of nitrogens with one attached hydrogen (secondary N) is 1. The summed E-state index contributed by atoms with van der Waals surface area (Å²) in [7, 11) is -1.77. The second-order valence-corrected chi connectivity index (χ2v) is 13.1. The predicted octanol–water partition coefficient (Wildman–Crippen LogP) is 5.84. The van der Waals surface area contributed by atoms with E-state index in [2.05, 4.69) is 44.9 Å². The van der Waals surface area contributed by atoms with Gasteiger partial charge in [-0.05, 0) is 30.0 Å². The fourth-order valence-corrected chi connectivity index (χ4v) is 6.71. The van der Waals surface area contributed by atoms with E-state index < -0.39 is 8.32 Å². The molecule has 0 bridgehead atoms. The number of aromatic nitrogens is 1. The van der Waals surface area contributed by atoms with Gasteiger partial charge in [0.2, 0.25) is 0 Å². The van der Waals surface area contributed by atoms with Gasteiger partial charge in [-0.25, -0.2) is 0 Å². The van der Waals surface area contributed by atoms with Crippen LogP contribution in [0, 0.1) is 5.41 Å². The molecule has 0 amide bonds. The van der Waals surface area contributed by atoms with Crippen molar-refractivity contribution < 1.29 is 4.43 Å². The molecule has 2 atom stereocenters. The zero-order chi connectivity index (χ0) is 18.0. The van der Waals surface area contributed by atoms with Crippen LogP contribution in [-0.2, 0) is 4.43 Å². The Balaban J connectivity index is 2.24. The van der Waals surface area contributed by atoms with E-state index in [1.165, 1.54) is 6.42 Å². The van der Waals surface area contributed by atoms with Gasteiger partial charge in [0.05, 0.1) is 16.1 Å². The summed E-state index contributed by atoms with van der Waals surface area (Å²) in [4.78, 5) is 4.09. The highest BCUT2D eigenvalue weighted by molar-refractivity contribution is 6.73. The minimum atomic E-state index is -1.77. The Kier molecular flexibility index (Phi) is 6.76. The summed E-state index contributed by atoms with van der Waals surface area (Å²) in [5, 5.41) is 4.84. The van der Waals surface area contributed by atoms with Crippen LogP contribution < -0.4 is 5.32 Å². The van der Waals surface area contributed by atoms with Crippen LogP contribution in [0.3, 0.4) is 0 Å². The third kappa shape index (κ3) is 4.53. The molecule has 1 aliphatic rings. The normalized spacial score (nSPS) is 20.9. The fourth-order valence-electron chi connectivity index (χ4n) is 3.30. The Morgan fingerprint density at radius 2 is 1.71 bits per heavy atom. The lowest BCUT2D eigenvalue weighted by Gasteiger charge is -2.34. The van der Waals surface area contributed by atoms with Gasteiger partial charge in [-0.3, -0.25) is 4.98 Å². The summed E-state index contributed by atoms with van der Waals surface area (Å²) in [5.74, 6) is 0.